The second kappa shape index (κ2) is 8.50. The van der Waals surface area contributed by atoms with Gasteiger partial charge < -0.3 is 9.47 Å². The first kappa shape index (κ1) is 18.9. The van der Waals surface area contributed by atoms with E-state index in [1.54, 1.807) is 0 Å². The molecule has 1 rings (SSSR count). The Morgan fingerprint density at radius 1 is 1.09 bits per heavy atom. The molecule has 0 saturated carbocycles. The Morgan fingerprint density at radius 2 is 1.77 bits per heavy atom. The van der Waals surface area contributed by atoms with Crippen molar-refractivity contribution < 1.29 is 9.47 Å². The summed E-state index contributed by atoms with van der Waals surface area (Å²) in [5.74, 6) is 0. The molecule has 0 unspecified atom stereocenters. The van der Waals surface area contributed by atoms with E-state index in [9.17, 15) is 0 Å². The van der Waals surface area contributed by atoms with Crippen molar-refractivity contribution in [1.82, 2.24) is 0 Å². The molecule has 0 saturated heterocycles. The maximum absolute atomic E-state index is 6.12. The van der Waals surface area contributed by atoms with Gasteiger partial charge in [-0.05, 0) is 49.3 Å². The third kappa shape index (κ3) is 4.96. The molecule has 0 atom stereocenters. The summed E-state index contributed by atoms with van der Waals surface area (Å²) in [5, 5.41) is 0. The highest BCUT2D eigenvalue weighted by Gasteiger charge is 2.38. The van der Waals surface area contributed by atoms with Gasteiger partial charge in [-0.2, -0.15) is 0 Å². The Labute approximate surface area is 136 Å². The van der Waals surface area contributed by atoms with E-state index >= 15 is 0 Å². The molecular formula is C20H32O2. The van der Waals surface area contributed by atoms with Crippen molar-refractivity contribution in [3.8, 4) is 0 Å². The molecule has 0 aliphatic heterocycles. The van der Waals surface area contributed by atoms with Gasteiger partial charge in [0.2, 0.25) is 0 Å². The number of benzene rings is 1. The van der Waals surface area contributed by atoms with Gasteiger partial charge in [-0.25, -0.2) is 0 Å². The van der Waals surface area contributed by atoms with Gasteiger partial charge >= 0.3 is 0 Å². The van der Waals surface area contributed by atoms with Crippen molar-refractivity contribution in [3.05, 3.63) is 42.0 Å². The molecular weight excluding hydrogens is 272 g/mol. The fraction of sp³-hybridized carbons (Fsp3) is 0.600. The minimum Gasteiger partial charge on any atom is -0.374 e. The lowest BCUT2D eigenvalue weighted by Gasteiger charge is -2.43. The molecule has 0 amide bonds. The number of rotatable bonds is 10. The predicted octanol–water partition coefficient (Wildman–Crippen LogP) is 5.47. The fourth-order valence-corrected chi connectivity index (χ4v) is 2.63. The molecule has 1 aromatic rings. The maximum Gasteiger partial charge on any atom is 0.0718 e. The van der Waals surface area contributed by atoms with Crippen molar-refractivity contribution in [2.45, 2.75) is 59.7 Å². The average Bonchev–Trinajstić information content (AvgIpc) is 2.53. The van der Waals surface area contributed by atoms with E-state index in [1.807, 2.05) is 18.2 Å². The first-order chi connectivity index (χ1) is 10.4. The third-order valence-corrected chi connectivity index (χ3v) is 5.16. The molecule has 0 heterocycles. The summed E-state index contributed by atoms with van der Waals surface area (Å²) in [5.41, 5.74) is 2.36. The van der Waals surface area contributed by atoms with Crippen LogP contribution in [-0.2, 0) is 16.1 Å². The molecule has 0 aliphatic carbocycles. The minimum absolute atomic E-state index is 0.136. The zero-order chi connectivity index (χ0) is 16.6. The van der Waals surface area contributed by atoms with Crippen LogP contribution in [0.25, 0.3) is 6.08 Å². The SMILES string of the molecule is C=Cc1cccc(COCCOC(C)(C)C(C)(CC)CC)c1. The summed E-state index contributed by atoms with van der Waals surface area (Å²) in [6, 6.07) is 8.24. The molecule has 2 heteroatoms. The second-order valence-corrected chi connectivity index (χ2v) is 6.63. The van der Waals surface area contributed by atoms with Gasteiger partial charge in [-0.3, -0.25) is 0 Å². The first-order valence-electron chi connectivity index (χ1n) is 8.31. The van der Waals surface area contributed by atoms with Gasteiger partial charge in [0.1, 0.15) is 0 Å². The van der Waals surface area contributed by atoms with Crippen molar-refractivity contribution >= 4 is 6.08 Å². The van der Waals surface area contributed by atoms with Crippen molar-refractivity contribution in [3.63, 3.8) is 0 Å². The van der Waals surface area contributed by atoms with Crippen LogP contribution in [0.15, 0.2) is 30.8 Å². The van der Waals surface area contributed by atoms with Gasteiger partial charge in [-0.1, -0.05) is 51.6 Å². The Kier molecular flexibility index (Phi) is 7.31. The normalized spacial score (nSPS) is 12.4. The average molecular weight is 304 g/mol. The smallest absolute Gasteiger partial charge is 0.0718 e. The van der Waals surface area contributed by atoms with Crippen molar-refractivity contribution in [2.75, 3.05) is 13.2 Å². The lowest BCUT2D eigenvalue weighted by molar-refractivity contribution is -0.121. The topological polar surface area (TPSA) is 18.5 Å². The minimum atomic E-state index is -0.136. The summed E-state index contributed by atoms with van der Waals surface area (Å²) in [4.78, 5) is 0. The summed E-state index contributed by atoms with van der Waals surface area (Å²) >= 11 is 0. The zero-order valence-corrected chi connectivity index (χ0v) is 14.9. The monoisotopic (exact) mass is 304 g/mol. The Hall–Kier alpha value is -1.12. The van der Waals surface area contributed by atoms with Crippen LogP contribution in [0.4, 0.5) is 0 Å². The lowest BCUT2D eigenvalue weighted by Crippen LogP contribution is -2.43. The van der Waals surface area contributed by atoms with E-state index in [0.717, 1.165) is 18.4 Å². The number of hydrogen-bond acceptors (Lipinski definition) is 2. The summed E-state index contributed by atoms with van der Waals surface area (Å²) in [6.45, 7) is 16.8. The van der Waals surface area contributed by atoms with Gasteiger partial charge in [0.05, 0.1) is 25.4 Å². The highest BCUT2D eigenvalue weighted by atomic mass is 16.5. The molecule has 0 N–H and O–H groups in total. The molecule has 124 valence electrons. The third-order valence-electron chi connectivity index (χ3n) is 5.16. The molecule has 1 aromatic carbocycles. The molecule has 2 nitrogen and oxygen atoms in total. The Morgan fingerprint density at radius 3 is 2.36 bits per heavy atom. The van der Waals surface area contributed by atoms with Gasteiger partial charge in [0.25, 0.3) is 0 Å². The Bertz CT molecular complexity index is 459. The zero-order valence-electron chi connectivity index (χ0n) is 14.9. The highest BCUT2D eigenvalue weighted by molar-refractivity contribution is 5.47. The van der Waals surface area contributed by atoms with E-state index in [-0.39, 0.29) is 11.0 Å². The van der Waals surface area contributed by atoms with Gasteiger partial charge in [-0.15, -0.1) is 0 Å². The van der Waals surface area contributed by atoms with Crippen LogP contribution < -0.4 is 0 Å². The standard InChI is InChI=1S/C20H32O2/c1-7-17-11-10-12-18(15-17)16-21-13-14-22-19(4,5)20(6,8-2)9-3/h7,10-12,15H,1,8-9,13-14,16H2,2-6H3. The molecule has 0 fully saturated rings. The van der Waals surface area contributed by atoms with Crippen LogP contribution in [0, 0.1) is 5.41 Å². The highest BCUT2D eigenvalue weighted by Crippen LogP contribution is 2.40. The van der Waals surface area contributed by atoms with Gasteiger partial charge in [0, 0.05) is 0 Å². The van der Waals surface area contributed by atoms with E-state index in [1.165, 1.54) is 5.56 Å². The fourth-order valence-electron chi connectivity index (χ4n) is 2.63. The molecule has 0 aliphatic rings. The number of ether oxygens (including phenoxy) is 2. The van der Waals surface area contributed by atoms with Crippen LogP contribution in [0.3, 0.4) is 0 Å². The van der Waals surface area contributed by atoms with Gasteiger partial charge in [0.15, 0.2) is 0 Å². The second-order valence-electron chi connectivity index (χ2n) is 6.63. The van der Waals surface area contributed by atoms with Crippen LogP contribution in [-0.4, -0.2) is 18.8 Å². The van der Waals surface area contributed by atoms with E-state index < -0.39 is 0 Å². The Balaban J connectivity index is 2.37. The van der Waals surface area contributed by atoms with Crippen LogP contribution in [0.5, 0.6) is 0 Å². The first-order valence-corrected chi connectivity index (χ1v) is 8.31. The largest absolute Gasteiger partial charge is 0.374 e. The quantitative estimate of drug-likeness (QED) is 0.534. The van der Waals surface area contributed by atoms with E-state index in [2.05, 4.69) is 53.3 Å². The number of hydrogen-bond donors (Lipinski definition) is 0. The predicted molar refractivity (Wildman–Crippen MR) is 94.9 cm³/mol. The molecule has 0 spiro atoms. The lowest BCUT2D eigenvalue weighted by atomic mass is 9.71. The van der Waals surface area contributed by atoms with Crippen LogP contribution in [0.1, 0.15) is 58.6 Å². The van der Waals surface area contributed by atoms with E-state index in [4.69, 9.17) is 9.47 Å². The van der Waals surface area contributed by atoms with Crippen LogP contribution in [0.2, 0.25) is 0 Å². The summed E-state index contributed by atoms with van der Waals surface area (Å²) in [7, 11) is 0. The van der Waals surface area contributed by atoms with Crippen LogP contribution >= 0.6 is 0 Å². The maximum atomic E-state index is 6.12. The van der Waals surface area contributed by atoms with Crippen molar-refractivity contribution in [2.24, 2.45) is 5.41 Å². The molecule has 0 aromatic heterocycles. The molecule has 0 radical (unpaired) electrons. The van der Waals surface area contributed by atoms with E-state index in [0.29, 0.717) is 19.8 Å². The summed E-state index contributed by atoms with van der Waals surface area (Å²) in [6.07, 6.45) is 4.09. The van der Waals surface area contributed by atoms with Crippen molar-refractivity contribution in [1.29, 1.82) is 0 Å². The summed E-state index contributed by atoms with van der Waals surface area (Å²) < 4.78 is 11.9. The molecule has 0 bridgehead atoms. The molecule has 22 heavy (non-hydrogen) atoms.